The lowest BCUT2D eigenvalue weighted by Gasteiger charge is -2.31. The van der Waals surface area contributed by atoms with E-state index in [1.165, 1.54) is 64.7 Å². The van der Waals surface area contributed by atoms with Crippen LogP contribution in [0.25, 0.3) is 0 Å². The summed E-state index contributed by atoms with van der Waals surface area (Å²) in [6.45, 7) is 0.0561. The molecule has 1 aliphatic heterocycles. The van der Waals surface area contributed by atoms with Gasteiger partial charge in [0.15, 0.2) is 6.17 Å². The Bertz CT molecular complexity index is 1370. The number of amides is 3. The maximum absolute atomic E-state index is 13.7. The number of hydrogen-bond donors (Lipinski definition) is 2. The number of carbonyl (C=O) groups excluding carboxylic acids is 3. The molecule has 0 radical (unpaired) electrons. The normalized spacial score (nSPS) is 15.7. The van der Waals surface area contributed by atoms with E-state index in [1.54, 1.807) is 0 Å². The zero-order chi connectivity index (χ0) is 27.4. The topological polar surface area (TPSA) is 120 Å². The van der Waals surface area contributed by atoms with E-state index in [1.807, 2.05) is 0 Å². The summed E-state index contributed by atoms with van der Waals surface area (Å²) in [6, 6.07) is 11.2. The average Bonchev–Trinajstić information content (AvgIpc) is 3.35. The molecule has 0 saturated carbocycles. The van der Waals surface area contributed by atoms with Crippen molar-refractivity contribution in [2.45, 2.75) is 18.6 Å². The van der Waals surface area contributed by atoms with Crippen LogP contribution in [0.5, 0.6) is 0 Å². The lowest BCUT2D eigenvalue weighted by Crippen LogP contribution is -2.54. The molecule has 2 heterocycles. The van der Waals surface area contributed by atoms with Gasteiger partial charge in [-0.2, -0.15) is 0 Å². The Morgan fingerprint density at radius 1 is 0.921 bits per heavy atom. The zero-order valence-electron chi connectivity index (χ0n) is 19.7. The van der Waals surface area contributed by atoms with Gasteiger partial charge in [-0.1, -0.05) is 35.3 Å². The maximum atomic E-state index is 13.7. The van der Waals surface area contributed by atoms with Crippen LogP contribution in [0.4, 0.5) is 4.39 Å². The van der Waals surface area contributed by atoms with E-state index >= 15 is 0 Å². The molecule has 1 fully saturated rings. The van der Waals surface area contributed by atoms with Crippen molar-refractivity contribution in [3.63, 3.8) is 0 Å². The van der Waals surface area contributed by atoms with Crippen molar-refractivity contribution in [1.82, 2.24) is 20.1 Å². The SMILES string of the molecule is O=C(O)CC(NC(=O)C1N(C(=O)c2ccncc2)CCN1C(=O)c1ccc(Cl)c(Cl)c1)c1ccc(F)cc1. The predicted octanol–water partition coefficient (Wildman–Crippen LogP) is 3.78. The molecule has 3 amide bonds. The number of hydrogen-bond acceptors (Lipinski definition) is 5. The van der Waals surface area contributed by atoms with Crippen molar-refractivity contribution in [3.8, 4) is 0 Å². The van der Waals surface area contributed by atoms with Crippen LogP contribution in [0.3, 0.4) is 0 Å². The van der Waals surface area contributed by atoms with Crippen LogP contribution in [0.2, 0.25) is 10.0 Å². The second-order valence-electron chi connectivity index (χ2n) is 8.45. The molecule has 2 unspecified atom stereocenters. The Labute approximate surface area is 226 Å². The molecule has 2 N–H and O–H groups in total. The first kappa shape index (κ1) is 27.0. The number of carbonyl (C=O) groups is 4. The van der Waals surface area contributed by atoms with Gasteiger partial charge in [-0.3, -0.25) is 24.2 Å². The molecule has 1 aliphatic rings. The third-order valence-electron chi connectivity index (χ3n) is 5.99. The molecule has 3 aromatic rings. The van der Waals surface area contributed by atoms with E-state index < -0.39 is 48.1 Å². The monoisotopic (exact) mass is 558 g/mol. The lowest BCUT2D eigenvalue weighted by atomic mass is 10.0. The number of carboxylic acids is 1. The van der Waals surface area contributed by atoms with Gasteiger partial charge in [-0.15, -0.1) is 0 Å². The molecule has 2 aromatic carbocycles. The van der Waals surface area contributed by atoms with Gasteiger partial charge < -0.3 is 20.2 Å². The van der Waals surface area contributed by atoms with Gasteiger partial charge in [0.1, 0.15) is 5.82 Å². The maximum Gasteiger partial charge on any atom is 0.305 e. The number of nitrogens with zero attached hydrogens (tertiary/aromatic N) is 3. The molecular formula is C26H21Cl2FN4O5. The second-order valence-corrected chi connectivity index (χ2v) is 9.26. The van der Waals surface area contributed by atoms with Gasteiger partial charge in [-0.25, -0.2) is 4.39 Å². The third kappa shape index (κ3) is 5.92. The summed E-state index contributed by atoms with van der Waals surface area (Å²) in [6.07, 6.45) is 0.931. The summed E-state index contributed by atoms with van der Waals surface area (Å²) in [7, 11) is 0. The van der Waals surface area contributed by atoms with Crippen LogP contribution in [0.1, 0.15) is 38.7 Å². The number of carboxylic acid groups (broad SMARTS) is 1. The van der Waals surface area contributed by atoms with Crippen molar-refractivity contribution in [3.05, 3.63) is 99.5 Å². The minimum absolute atomic E-state index is 0.0220. The molecule has 38 heavy (non-hydrogen) atoms. The largest absolute Gasteiger partial charge is 0.481 e. The van der Waals surface area contributed by atoms with E-state index in [0.29, 0.717) is 5.56 Å². The fourth-order valence-electron chi connectivity index (χ4n) is 4.16. The van der Waals surface area contributed by atoms with Crippen LogP contribution < -0.4 is 5.32 Å². The average molecular weight is 559 g/mol. The first-order chi connectivity index (χ1) is 18.2. The molecule has 196 valence electrons. The zero-order valence-corrected chi connectivity index (χ0v) is 21.2. The van der Waals surface area contributed by atoms with Gasteiger partial charge in [0.05, 0.1) is 22.5 Å². The summed E-state index contributed by atoms with van der Waals surface area (Å²) in [5, 5.41) is 12.4. The lowest BCUT2D eigenvalue weighted by molar-refractivity contribution is -0.138. The van der Waals surface area contributed by atoms with E-state index in [4.69, 9.17) is 23.2 Å². The van der Waals surface area contributed by atoms with Crippen molar-refractivity contribution in [1.29, 1.82) is 0 Å². The highest BCUT2D eigenvalue weighted by atomic mass is 35.5. The van der Waals surface area contributed by atoms with Crippen molar-refractivity contribution in [2.75, 3.05) is 13.1 Å². The number of rotatable bonds is 7. The van der Waals surface area contributed by atoms with Crippen LogP contribution in [0.15, 0.2) is 67.0 Å². The smallest absolute Gasteiger partial charge is 0.305 e. The van der Waals surface area contributed by atoms with E-state index in [9.17, 15) is 28.7 Å². The van der Waals surface area contributed by atoms with Crippen LogP contribution in [-0.4, -0.2) is 62.8 Å². The minimum Gasteiger partial charge on any atom is -0.481 e. The molecule has 2 atom stereocenters. The first-order valence-corrected chi connectivity index (χ1v) is 12.2. The van der Waals surface area contributed by atoms with Crippen molar-refractivity contribution in [2.24, 2.45) is 0 Å². The molecule has 4 rings (SSSR count). The Morgan fingerprint density at radius 2 is 1.53 bits per heavy atom. The van der Waals surface area contributed by atoms with Crippen molar-refractivity contribution < 1.29 is 28.7 Å². The summed E-state index contributed by atoms with van der Waals surface area (Å²) in [5.41, 5.74) is 0.743. The minimum atomic E-state index is -1.41. The Balaban J connectivity index is 1.68. The van der Waals surface area contributed by atoms with E-state index in [2.05, 4.69) is 10.3 Å². The number of aromatic nitrogens is 1. The highest BCUT2D eigenvalue weighted by Gasteiger charge is 2.44. The van der Waals surface area contributed by atoms with Crippen molar-refractivity contribution >= 4 is 46.9 Å². The molecular weight excluding hydrogens is 538 g/mol. The molecule has 0 bridgehead atoms. The molecule has 1 aromatic heterocycles. The highest BCUT2D eigenvalue weighted by molar-refractivity contribution is 6.42. The predicted molar refractivity (Wildman–Crippen MR) is 136 cm³/mol. The van der Waals surface area contributed by atoms with Gasteiger partial charge in [0.25, 0.3) is 17.7 Å². The molecule has 1 saturated heterocycles. The Morgan fingerprint density at radius 3 is 2.11 bits per heavy atom. The summed E-state index contributed by atoms with van der Waals surface area (Å²) in [5.74, 6) is -3.62. The first-order valence-electron chi connectivity index (χ1n) is 11.4. The quantitative estimate of drug-likeness (QED) is 0.455. The third-order valence-corrected chi connectivity index (χ3v) is 6.73. The van der Waals surface area contributed by atoms with Crippen LogP contribution in [0, 0.1) is 5.82 Å². The molecule has 12 heteroatoms. The standard InChI is InChI=1S/C26H21Cl2FN4O5/c27-19-6-3-17(13-20(19)28)26(38)33-12-11-32(25(37)16-7-9-30-10-8-16)24(33)23(36)31-21(14-22(34)35)15-1-4-18(29)5-2-15/h1-10,13,21,24H,11-12,14H2,(H,31,36)(H,34,35). The number of benzene rings is 2. The van der Waals surface area contributed by atoms with E-state index in [0.717, 1.165) is 12.1 Å². The number of pyridine rings is 1. The molecule has 9 nitrogen and oxygen atoms in total. The Kier molecular flexibility index (Phi) is 8.23. The van der Waals surface area contributed by atoms with Crippen LogP contribution in [-0.2, 0) is 9.59 Å². The number of aliphatic carboxylic acids is 1. The fraction of sp³-hybridized carbons (Fsp3) is 0.192. The number of nitrogens with one attached hydrogen (secondary N) is 1. The summed E-state index contributed by atoms with van der Waals surface area (Å²) < 4.78 is 13.5. The summed E-state index contributed by atoms with van der Waals surface area (Å²) in [4.78, 5) is 58.3. The molecule has 0 aliphatic carbocycles. The fourth-order valence-corrected chi connectivity index (χ4v) is 4.46. The highest BCUT2D eigenvalue weighted by Crippen LogP contribution is 2.27. The Hall–Kier alpha value is -4.02. The van der Waals surface area contributed by atoms with Gasteiger partial charge in [0.2, 0.25) is 0 Å². The number of halogens is 3. The second kappa shape index (κ2) is 11.6. The summed E-state index contributed by atoms with van der Waals surface area (Å²) >= 11 is 12.1. The van der Waals surface area contributed by atoms with E-state index in [-0.39, 0.29) is 34.3 Å². The van der Waals surface area contributed by atoms with Gasteiger partial charge >= 0.3 is 5.97 Å². The van der Waals surface area contributed by atoms with Gasteiger partial charge in [-0.05, 0) is 48.0 Å². The van der Waals surface area contributed by atoms with Crippen LogP contribution >= 0.6 is 23.2 Å². The molecule has 0 spiro atoms. The van der Waals surface area contributed by atoms with Gasteiger partial charge in [0, 0.05) is 36.6 Å².